The summed E-state index contributed by atoms with van der Waals surface area (Å²) in [5.74, 6) is 1.72. The fourth-order valence-electron chi connectivity index (χ4n) is 0.733. The molecule has 0 unspecified atom stereocenters. The van der Waals surface area contributed by atoms with E-state index in [4.69, 9.17) is 0 Å². The van der Waals surface area contributed by atoms with Crippen molar-refractivity contribution in [1.82, 2.24) is 4.98 Å². The first-order valence-electron chi connectivity index (χ1n) is 3.07. The normalized spacial score (nSPS) is 8.91. The number of halogens is 1. The van der Waals surface area contributed by atoms with Crippen LogP contribution in [0, 0.1) is 6.92 Å². The zero-order chi connectivity index (χ0) is 8.27. The fraction of sp³-hybridized carbons (Fsp3) is 0.125. The number of carbonyl (C=O) groups excluding carboxylic acids is 1. The van der Waals surface area contributed by atoms with E-state index in [1.54, 1.807) is 12.1 Å². The summed E-state index contributed by atoms with van der Waals surface area (Å²) >= 11 is 3.25. The lowest BCUT2D eigenvalue weighted by Crippen LogP contribution is -1.85. The van der Waals surface area contributed by atoms with E-state index in [0.29, 0.717) is 0 Å². The molecule has 1 rings (SSSR count). The maximum Gasteiger partial charge on any atom is 0.125 e. The smallest absolute Gasteiger partial charge is 0.125 e. The second-order valence-corrected chi connectivity index (χ2v) is 3.01. The van der Waals surface area contributed by atoms with Crippen LogP contribution in [-0.2, 0) is 4.79 Å². The fourth-order valence-corrected chi connectivity index (χ4v) is 1.08. The summed E-state index contributed by atoms with van der Waals surface area (Å²) in [5, 5.41) is 0. The van der Waals surface area contributed by atoms with Gasteiger partial charge in [-0.15, -0.1) is 0 Å². The van der Waals surface area contributed by atoms with Gasteiger partial charge in [-0.05, 0) is 28.9 Å². The lowest BCUT2D eigenvalue weighted by atomic mass is 10.2. The molecule has 1 heterocycles. The van der Waals surface area contributed by atoms with Crippen LogP contribution in [0.1, 0.15) is 11.3 Å². The maximum absolute atomic E-state index is 10.0. The van der Waals surface area contributed by atoms with Crippen LogP contribution in [0.4, 0.5) is 0 Å². The van der Waals surface area contributed by atoms with Gasteiger partial charge >= 0.3 is 0 Å². The van der Waals surface area contributed by atoms with Gasteiger partial charge in [-0.1, -0.05) is 0 Å². The monoisotopic (exact) mass is 211 g/mol. The van der Waals surface area contributed by atoms with Crippen LogP contribution in [-0.4, -0.2) is 10.9 Å². The molecule has 3 heteroatoms. The Morgan fingerprint density at radius 3 is 3.09 bits per heavy atom. The van der Waals surface area contributed by atoms with E-state index in [1.807, 2.05) is 13.0 Å². The molecule has 56 valence electrons. The van der Waals surface area contributed by atoms with E-state index in [-0.39, 0.29) is 0 Å². The SMILES string of the molecule is Cc1ncc(Br)cc1C=C=O. The van der Waals surface area contributed by atoms with Gasteiger partial charge in [0.2, 0.25) is 0 Å². The summed E-state index contributed by atoms with van der Waals surface area (Å²) in [6, 6.07) is 1.83. The number of hydrogen-bond donors (Lipinski definition) is 0. The Bertz CT molecular complexity index is 316. The zero-order valence-electron chi connectivity index (χ0n) is 5.97. The van der Waals surface area contributed by atoms with Crippen molar-refractivity contribution in [2.24, 2.45) is 0 Å². The second kappa shape index (κ2) is 3.46. The van der Waals surface area contributed by atoms with Gasteiger partial charge in [-0.2, -0.15) is 0 Å². The molecule has 0 fully saturated rings. The highest BCUT2D eigenvalue weighted by molar-refractivity contribution is 9.10. The third-order valence-electron chi connectivity index (χ3n) is 1.31. The predicted molar refractivity (Wildman–Crippen MR) is 46.8 cm³/mol. The summed E-state index contributed by atoms with van der Waals surface area (Å²) in [4.78, 5) is 14.1. The standard InChI is InChI=1S/C8H6BrNO/c1-6-7(2-3-11)4-8(9)5-10-6/h2,4-5H,1H3. The largest absolute Gasteiger partial charge is 0.260 e. The van der Waals surface area contributed by atoms with E-state index in [0.717, 1.165) is 15.7 Å². The molecule has 0 aromatic carbocycles. The predicted octanol–water partition coefficient (Wildman–Crippen LogP) is 2.00. The molecule has 0 N–H and O–H groups in total. The van der Waals surface area contributed by atoms with E-state index in [2.05, 4.69) is 20.9 Å². The maximum atomic E-state index is 10.0. The van der Waals surface area contributed by atoms with Gasteiger partial charge in [0.15, 0.2) is 0 Å². The van der Waals surface area contributed by atoms with Gasteiger partial charge in [0.05, 0.1) is 0 Å². The Morgan fingerprint density at radius 1 is 1.73 bits per heavy atom. The number of aromatic nitrogens is 1. The lowest BCUT2D eigenvalue weighted by molar-refractivity contribution is 0.570. The number of nitrogens with zero attached hydrogens (tertiary/aromatic N) is 1. The van der Waals surface area contributed by atoms with Crippen LogP contribution >= 0.6 is 15.9 Å². The quantitative estimate of drug-likeness (QED) is 0.666. The molecule has 11 heavy (non-hydrogen) atoms. The van der Waals surface area contributed by atoms with Crippen LogP contribution < -0.4 is 0 Å². The Morgan fingerprint density at radius 2 is 2.45 bits per heavy atom. The summed E-state index contributed by atoms with van der Waals surface area (Å²) in [6.07, 6.45) is 3.06. The molecular formula is C8H6BrNO. The Kier molecular flexibility index (Phi) is 2.58. The van der Waals surface area contributed by atoms with Crippen LogP contribution in [0.25, 0.3) is 6.08 Å². The van der Waals surface area contributed by atoms with Crippen molar-refractivity contribution in [3.63, 3.8) is 0 Å². The first-order valence-corrected chi connectivity index (χ1v) is 3.86. The minimum Gasteiger partial charge on any atom is -0.260 e. The highest BCUT2D eigenvalue weighted by Crippen LogP contribution is 2.13. The molecule has 0 amide bonds. The van der Waals surface area contributed by atoms with E-state index < -0.39 is 0 Å². The number of aryl methyl sites for hydroxylation is 1. The molecule has 0 spiro atoms. The van der Waals surface area contributed by atoms with Gasteiger partial charge in [-0.3, -0.25) is 4.98 Å². The molecule has 0 aliphatic heterocycles. The second-order valence-electron chi connectivity index (χ2n) is 2.09. The number of pyridine rings is 1. The highest BCUT2D eigenvalue weighted by atomic mass is 79.9. The summed E-state index contributed by atoms with van der Waals surface area (Å²) in [7, 11) is 0. The van der Waals surface area contributed by atoms with Gasteiger partial charge < -0.3 is 0 Å². The third kappa shape index (κ3) is 2.00. The summed E-state index contributed by atoms with van der Waals surface area (Å²) in [6.45, 7) is 1.84. The van der Waals surface area contributed by atoms with Crippen molar-refractivity contribution in [3.05, 3.63) is 28.0 Å². The van der Waals surface area contributed by atoms with Crippen LogP contribution in [0.2, 0.25) is 0 Å². The molecule has 0 saturated heterocycles. The molecule has 1 aromatic heterocycles. The van der Waals surface area contributed by atoms with E-state index in [1.165, 1.54) is 6.08 Å². The molecule has 2 nitrogen and oxygen atoms in total. The Labute approximate surface area is 73.1 Å². The van der Waals surface area contributed by atoms with Gasteiger partial charge in [-0.25, -0.2) is 4.79 Å². The third-order valence-corrected chi connectivity index (χ3v) is 1.74. The lowest BCUT2D eigenvalue weighted by Gasteiger charge is -1.96. The molecular weight excluding hydrogens is 206 g/mol. The average molecular weight is 212 g/mol. The molecule has 0 bridgehead atoms. The molecule has 0 aliphatic rings. The zero-order valence-corrected chi connectivity index (χ0v) is 7.55. The van der Waals surface area contributed by atoms with Crippen molar-refractivity contribution in [3.8, 4) is 0 Å². The van der Waals surface area contributed by atoms with Crippen LogP contribution in [0.15, 0.2) is 16.7 Å². The van der Waals surface area contributed by atoms with Crippen LogP contribution in [0.5, 0.6) is 0 Å². The first-order chi connectivity index (χ1) is 5.24. The highest BCUT2D eigenvalue weighted by Gasteiger charge is 1.95. The molecule has 1 aromatic rings. The van der Waals surface area contributed by atoms with Crippen molar-refractivity contribution < 1.29 is 4.79 Å². The minimum atomic E-state index is 0.800. The van der Waals surface area contributed by atoms with Crippen molar-refractivity contribution in [1.29, 1.82) is 0 Å². The molecule has 0 saturated carbocycles. The van der Waals surface area contributed by atoms with Gasteiger partial charge in [0, 0.05) is 28.0 Å². The minimum absolute atomic E-state index is 0.800. The first kappa shape index (κ1) is 8.18. The van der Waals surface area contributed by atoms with Crippen LogP contribution in [0.3, 0.4) is 0 Å². The Hall–Kier alpha value is -0.920. The summed E-state index contributed by atoms with van der Waals surface area (Å²) in [5.41, 5.74) is 1.63. The van der Waals surface area contributed by atoms with E-state index in [9.17, 15) is 4.79 Å². The van der Waals surface area contributed by atoms with Crippen molar-refractivity contribution in [2.45, 2.75) is 6.92 Å². The Balaban J connectivity index is 3.22. The number of hydrogen-bond acceptors (Lipinski definition) is 2. The molecule has 0 aliphatic carbocycles. The van der Waals surface area contributed by atoms with Gasteiger partial charge in [0.25, 0.3) is 0 Å². The molecule has 0 atom stereocenters. The topological polar surface area (TPSA) is 30.0 Å². The van der Waals surface area contributed by atoms with Crippen molar-refractivity contribution >= 4 is 27.9 Å². The average Bonchev–Trinajstić information content (AvgIpc) is 1.98. The number of rotatable bonds is 1. The van der Waals surface area contributed by atoms with E-state index >= 15 is 0 Å². The van der Waals surface area contributed by atoms with Gasteiger partial charge in [0.1, 0.15) is 5.94 Å². The molecule has 0 radical (unpaired) electrons. The van der Waals surface area contributed by atoms with Crippen molar-refractivity contribution in [2.75, 3.05) is 0 Å². The summed E-state index contributed by atoms with van der Waals surface area (Å²) < 4.78 is 0.865.